The van der Waals surface area contributed by atoms with E-state index in [1.54, 1.807) is 0 Å². The second kappa shape index (κ2) is 11.1. The van der Waals surface area contributed by atoms with Gasteiger partial charge in [-0.25, -0.2) is 4.99 Å². The van der Waals surface area contributed by atoms with Crippen molar-refractivity contribution in [3.05, 3.63) is 71.0 Å². The fraction of sp³-hybridized carbons (Fsp3) is 0.333. The lowest BCUT2D eigenvalue weighted by Gasteiger charge is -2.06. The molecule has 206 valence electrons. The van der Waals surface area contributed by atoms with E-state index in [4.69, 9.17) is 13.6 Å². The number of aryl methyl sites for hydroxylation is 1. The molecule has 6 rings (SSSR count). The van der Waals surface area contributed by atoms with E-state index in [9.17, 15) is 9.90 Å². The third kappa shape index (κ3) is 5.04. The van der Waals surface area contributed by atoms with Gasteiger partial charge >= 0.3 is 0 Å². The molecule has 2 aromatic carbocycles. The molecule has 0 fully saturated rings. The standard InChI is InChI=1S/C33H34N2O5/c1-3-4-5-6-7-8-9-10-15-38-23-14-13-22-18-27(40-25(22)19-23)31-29-28(32(36)35-31)30(34-33(29)37)26-17-21-12-11-20(2)16-24(21)39-26/h11-14,16-19,34,37H,3-10,15H2,1-2H3. The van der Waals surface area contributed by atoms with Crippen LogP contribution in [-0.2, 0) is 0 Å². The molecule has 0 unspecified atom stereocenters. The third-order valence-electron chi connectivity index (χ3n) is 7.56. The van der Waals surface area contributed by atoms with Crippen molar-refractivity contribution in [1.29, 1.82) is 0 Å². The van der Waals surface area contributed by atoms with Crippen LogP contribution in [0.25, 0.3) is 33.4 Å². The molecule has 0 spiro atoms. The van der Waals surface area contributed by atoms with E-state index in [2.05, 4.69) is 16.9 Å². The van der Waals surface area contributed by atoms with Gasteiger partial charge in [0.15, 0.2) is 17.4 Å². The SMILES string of the molecule is CCCCCCCCCCOc1ccc2cc(C3=NC(=O)c4c(-c5cc6ccc(C)cc6o5)[nH]c(O)c43)oc2c1. The van der Waals surface area contributed by atoms with Gasteiger partial charge < -0.3 is 23.7 Å². The van der Waals surface area contributed by atoms with Crippen molar-refractivity contribution in [2.45, 2.75) is 65.2 Å². The van der Waals surface area contributed by atoms with Crippen molar-refractivity contribution in [3.63, 3.8) is 0 Å². The number of aliphatic imine (C=N–C) groups is 1. The monoisotopic (exact) mass is 538 g/mol. The van der Waals surface area contributed by atoms with Crippen LogP contribution in [-0.4, -0.2) is 28.3 Å². The van der Waals surface area contributed by atoms with E-state index in [1.165, 1.54) is 44.9 Å². The van der Waals surface area contributed by atoms with Gasteiger partial charge in [0.05, 0.1) is 23.4 Å². The lowest BCUT2D eigenvalue weighted by atomic mass is 10.1. The molecule has 7 heteroatoms. The van der Waals surface area contributed by atoms with Gasteiger partial charge in [0.2, 0.25) is 0 Å². The zero-order chi connectivity index (χ0) is 27.6. The molecule has 1 amide bonds. The summed E-state index contributed by atoms with van der Waals surface area (Å²) < 4.78 is 18.1. The van der Waals surface area contributed by atoms with Crippen molar-refractivity contribution in [2.75, 3.05) is 6.61 Å². The average Bonchev–Trinajstić information content (AvgIpc) is 3.70. The van der Waals surface area contributed by atoms with Gasteiger partial charge in [-0.05, 0) is 49.2 Å². The highest BCUT2D eigenvalue weighted by Crippen LogP contribution is 2.40. The van der Waals surface area contributed by atoms with Crippen molar-refractivity contribution in [2.24, 2.45) is 4.99 Å². The van der Waals surface area contributed by atoms with Crippen LogP contribution in [0.4, 0.5) is 0 Å². The molecule has 0 bridgehead atoms. The zero-order valence-electron chi connectivity index (χ0n) is 23.0. The van der Waals surface area contributed by atoms with Gasteiger partial charge in [-0.2, -0.15) is 0 Å². The minimum atomic E-state index is -0.456. The summed E-state index contributed by atoms with van der Waals surface area (Å²) >= 11 is 0. The van der Waals surface area contributed by atoms with Crippen LogP contribution in [0.3, 0.4) is 0 Å². The first-order chi connectivity index (χ1) is 19.5. The van der Waals surface area contributed by atoms with Gasteiger partial charge in [-0.1, -0.05) is 64.0 Å². The number of carbonyl (C=O) groups is 1. The largest absolute Gasteiger partial charge is 0.494 e. The van der Waals surface area contributed by atoms with Gasteiger partial charge in [0.1, 0.15) is 22.6 Å². The molecule has 4 heterocycles. The Labute approximate surface area is 232 Å². The van der Waals surface area contributed by atoms with E-state index < -0.39 is 5.91 Å². The summed E-state index contributed by atoms with van der Waals surface area (Å²) in [5.41, 5.74) is 3.71. The number of hydrogen-bond donors (Lipinski definition) is 2. The third-order valence-corrected chi connectivity index (χ3v) is 7.56. The van der Waals surface area contributed by atoms with Gasteiger partial charge in [-0.15, -0.1) is 0 Å². The maximum atomic E-state index is 13.0. The number of H-pyrrole nitrogens is 1. The Balaban J connectivity index is 1.17. The Morgan fingerprint density at radius 3 is 2.30 bits per heavy atom. The van der Waals surface area contributed by atoms with Crippen LogP contribution in [0.15, 0.2) is 62.4 Å². The van der Waals surface area contributed by atoms with Gasteiger partial charge in [0.25, 0.3) is 5.91 Å². The number of nitrogens with zero attached hydrogens (tertiary/aromatic N) is 1. The highest BCUT2D eigenvalue weighted by atomic mass is 16.5. The van der Waals surface area contributed by atoms with Gasteiger partial charge in [-0.3, -0.25) is 4.79 Å². The van der Waals surface area contributed by atoms with Crippen molar-refractivity contribution >= 4 is 33.6 Å². The number of amides is 1. The molecule has 0 aliphatic carbocycles. The number of aromatic nitrogens is 1. The molecule has 1 aliphatic heterocycles. The van der Waals surface area contributed by atoms with Crippen LogP contribution in [0.5, 0.6) is 11.6 Å². The fourth-order valence-electron chi connectivity index (χ4n) is 5.41. The number of benzene rings is 2. The Morgan fingerprint density at radius 2 is 1.50 bits per heavy atom. The van der Waals surface area contributed by atoms with E-state index >= 15 is 0 Å². The second-order valence-corrected chi connectivity index (χ2v) is 10.6. The normalized spacial score (nSPS) is 12.9. The molecule has 3 aromatic heterocycles. The van der Waals surface area contributed by atoms with Crippen molar-refractivity contribution in [1.82, 2.24) is 4.98 Å². The van der Waals surface area contributed by atoms with E-state index in [0.717, 1.165) is 28.5 Å². The van der Waals surface area contributed by atoms with Crippen LogP contribution in [0.1, 0.15) is 85.5 Å². The van der Waals surface area contributed by atoms with Crippen LogP contribution in [0.2, 0.25) is 0 Å². The second-order valence-electron chi connectivity index (χ2n) is 10.6. The van der Waals surface area contributed by atoms with E-state index in [1.807, 2.05) is 55.5 Å². The maximum absolute atomic E-state index is 13.0. The highest BCUT2D eigenvalue weighted by molar-refractivity contribution is 6.30. The summed E-state index contributed by atoms with van der Waals surface area (Å²) in [5, 5.41) is 12.6. The lowest BCUT2D eigenvalue weighted by molar-refractivity contribution is 0.101. The fourth-order valence-corrected chi connectivity index (χ4v) is 5.41. The molecular weight excluding hydrogens is 504 g/mol. The first-order valence-electron chi connectivity index (χ1n) is 14.3. The van der Waals surface area contributed by atoms with E-state index in [-0.39, 0.29) is 11.4 Å². The molecule has 7 nitrogen and oxygen atoms in total. The minimum absolute atomic E-state index is 0.152. The number of carbonyl (C=O) groups excluding carboxylic acids is 1. The molecule has 0 atom stereocenters. The quantitative estimate of drug-likeness (QED) is 0.155. The lowest BCUT2D eigenvalue weighted by Crippen LogP contribution is -1.97. The smallest absolute Gasteiger partial charge is 0.280 e. The summed E-state index contributed by atoms with van der Waals surface area (Å²) in [6.07, 6.45) is 10.0. The highest BCUT2D eigenvalue weighted by Gasteiger charge is 2.36. The number of fused-ring (bicyclic) bond motifs is 3. The van der Waals surface area contributed by atoms with E-state index in [0.29, 0.717) is 46.3 Å². The predicted octanol–water partition coefficient (Wildman–Crippen LogP) is 8.70. The maximum Gasteiger partial charge on any atom is 0.280 e. The Kier molecular flexibility index (Phi) is 7.20. The molecule has 2 N–H and O–H groups in total. The van der Waals surface area contributed by atoms with Crippen molar-refractivity contribution < 1.29 is 23.5 Å². The van der Waals surface area contributed by atoms with Gasteiger partial charge in [0, 0.05) is 16.8 Å². The number of aromatic hydroxyl groups is 1. The molecule has 5 aromatic rings. The molecule has 0 saturated heterocycles. The molecule has 40 heavy (non-hydrogen) atoms. The van der Waals surface area contributed by atoms with Crippen molar-refractivity contribution in [3.8, 4) is 23.1 Å². The summed E-state index contributed by atoms with van der Waals surface area (Å²) in [7, 11) is 0. The van der Waals surface area contributed by atoms with Crippen LogP contribution in [0, 0.1) is 6.92 Å². The number of nitrogens with one attached hydrogen (secondary N) is 1. The first kappa shape index (κ1) is 26.0. The number of furan rings is 2. The summed E-state index contributed by atoms with van der Waals surface area (Å²) in [5.74, 6) is 1.01. The number of unbranched alkanes of at least 4 members (excludes halogenated alkanes) is 7. The summed E-state index contributed by atoms with van der Waals surface area (Å²) in [6, 6.07) is 15.3. The Hall–Kier alpha value is -4.26. The number of ether oxygens (including phenoxy) is 1. The minimum Gasteiger partial charge on any atom is -0.494 e. The number of rotatable bonds is 12. The molecule has 1 aliphatic rings. The molecule has 0 radical (unpaired) electrons. The molecular formula is C33H34N2O5. The zero-order valence-corrected chi connectivity index (χ0v) is 23.0. The Morgan fingerprint density at radius 1 is 0.825 bits per heavy atom. The van der Waals surface area contributed by atoms with Crippen LogP contribution >= 0.6 is 0 Å². The Bertz CT molecular complexity index is 1720. The summed E-state index contributed by atoms with van der Waals surface area (Å²) in [6.45, 7) is 4.90. The summed E-state index contributed by atoms with van der Waals surface area (Å²) in [4.78, 5) is 20.2. The predicted molar refractivity (Wildman–Crippen MR) is 157 cm³/mol. The molecule has 0 saturated carbocycles. The average molecular weight is 539 g/mol. The topological polar surface area (TPSA) is 101 Å². The van der Waals surface area contributed by atoms with Crippen LogP contribution < -0.4 is 4.74 Å². The number of hydrogen-bond acceptors (Lipinski definition) is 5. The number of aromatic amines is 1. The first-order valence-corrected chi connectivity index (χ1v) is 14.3.